The Morgan fingerprint density at radius 1 is 0.955 bits per heavy atom. The van der Waals surface area contributed by atoms with Crippen LogP contribution in [0.4, 0.5) is 0 Å². The minimum absolute atomic E-state index is 0.311. The highest BCUT2D eigenvalue weighted by Gasteiger charge is 2.40. The number of hydrogen-bond donors (Lipinski definition) is 1. The molecular formula is C19H39N2O+. The van der Waals surface area contributed by atoms with Gasteiger partial charge in [-0.15, -0.1) is 0 Å². The monoisotopic (exact) mass is 311 g/mol. The average molecular weight is 312 g/mol. The summed E-state index contributed by atoms with van der Waals surface area (Å²) in [6.07, 6.45) is 14.5. The summed E-state index contributed by atoms with van der Waals surface area (Å²) in [5, 5.41) is 10.1. The highest BCUT2D eigenvalue weighted by molar-refractivity contribution is 5.76. The maximum atomic E-state index is 10.1. The number of amidine groups is 1. The number of hydrogen-bond acceptors (Lipinski definition) is 2. The van der Waals surface area contributed by atoms with E-state index in [0.29, 0.717) is 0 Å². The first-order valence-corrected chi connectivity index (χ1v) is 9.76. The molecule has 0 aromatic heterocycles. The average Bonchev–Trinajstić information content (AvgIpc) is 2.93. The van der Waals surface area contributed by atoms with Crippen molar-refractivity contribution in [2.24, 2.45) is 4.99 Å². The maximum Gasteiger partial charge on any atom is 0.200 e. The molecular weight excluding hydrogens is 272 g/mol. The lowest BCUT2D eigenvalue weighted by atomic mass is 10.1. The van der Waals surface area contributed by atoms with Crippen molar-refractivity contribution in [3.63, 3.8) is 0 Å². The van der Waals surface area contributed by atoms with Gasteiger partial charge >= 0.3 is 0 Å². The molecule has 130 valence electrons. The molecule has 1 rings (SSSR count). The van der Waals surface area contributed by atoms with Gasteiger partial charge in [-0.3, -0.25) is 4.48 Å². The van der Waals surface area contributed by atoms with E-state index < -0.39 is 0 Å². The van der Waals surface area contributed by atoms with Gasteiger partial charge in [-0.2, -0.15) is 0 Å². The Bertz CT molecular complexity index is 315. The molecule has 0 saturated heterocycles. The fraction of sp³-hybridized carbons (Fsp3) is 0.947. The van der Waals surface area contributed by atoms with Crippen LogP contribution < -0.4 is 0 Å². The van der Waals surface area contributed by atoms with E-state index in [9.17, 15) is 5.11 Å². The molecule has 1 heterocycles. The van der Waals surface area contributed by atoms with Gasteiger partial charge in [0.2, 0.25) is 5.84 Å². The van der Waals surface area contributed by atoms with Crippen LogP contribution in [-0.2, 0) is 0 Å². The summed E-state index contributed by atoms with van der Waals surface area (Å²) in [4.78, 5) is 4.69. The number of quaternary nitrogens is 1. The van der Waals surface area contributed by atoms with Crippen molar-refractivity contribution >= 4 is 5.84 Å². The summed E-state index contributed by atoms with van der Waals surface area (Å²) in [6.45, 7) is 9.22. The van der Waals surface area contributed by atoms with Gasteiger partial charge in [0.25, 0.3) is 0 Å². The number of unbranched alkanes of at least 4 members (excludes halogenated alkanes) is 9. The first-order valence-electron chi connectivity index (χ1n) is 9.76. The molecule has 1 aliphatic heterocycles. The van der Waals surface area contributed by atoms with Gasteiger partial charge in [-0.05, 0) is 13.3 Å². The molecule has 1 aliphatic rings. The Hall–Kier alpha value is -0.410. The van der Waals surface area contributed by atoms with Crippen LogP contribution in [0, 0.1) is 0 Å². The highest BCUT2D eigenvalue weighted by Crippen LogP contribution is 2.23. The molecule has 1 N–H and O–H groups in total. The van der Waals surface area contributed by atoms with Gasteiger partial charge in [-0.1, -0.05) is 64.7 Å². The third-order valence-electron chi connectivity index (χ3n) is 5.34. The molecule has 0 saturated carbocycles. The lowest BCUT2D eigenvalue weighted by molar-refractivity contribution is -0.882. The van der Waals surface area contributed by atoms with E-state index >= 15 is 0 Å². The van der Waals surface area contributed by atoms with Gasteiger partial charge in [0, 0.05) is 13.3 Å². The summed E-state index contributed by atoms with van der Waals surface area (Å²) in [7, 11) is 0. The number of nitrogens with zero attached hydrogens (tertiary/aromatic N) is 2. The molecule has 0 amide bonds. The molecule has 22 heavy (non-hydrogen) atoms. The van der Waals surface area contributed by atoms with E-state index in [2.05, 4.69) is 18.8 Å². The predicted molar refractivity (Wildman–Crippen MR) is 96.1 cm³/mol. The first-order chi connectivity index (χ1) is 10.7. The van der Waals surface area contributed by atoms with Crippen LogP contribution in [0.1, 0.15) is 91.4 Å². The van der Waals surface area contributed by atoms with Crippen LogP contribution in [0.5, 0.6) is 0 Å². The molecule has 3 heteroatoms. The second-order valence-corrected chi connectivity index (χ2v) is 6.94. The molecule has 2 unspecified atom stereocenters. The van der Waals surface area contributed by atoms with E-state index in [0.717, 1.165) is 30.5 Å². The zero-order valence-corrected chi connectivity index (χ0v) is 15.3. The Morgan fingerprint density at radius 3 is 2.00 bits per heavy atom. The number of rotatable bonds is 13. The van der Waals surface area contributed by atoms with E-state index in [1.54, 1.807) is 0 Å². The standard InChI is InChI=1S/C19H39N2O/c1-4-6-7-8-9-10-11-12-13-14-15-19-20-16-17-21(19,5-2)18(3)22/h18,22H,4-17H2,1-3H3/q+1. The van der Waals surface area contributed by atoms with Crippen molar-refractivity contribution in [1.82, 2.24) is 0 Å². The van der Waals surface area contributed by atoms with Crippen LogP contribution in [0.15, 0.2) is 4.99 Å². The number of aliphatic hydroxyl groups excluding tert-OH is 1. The lowest BCUT2D eigenvalue weighted by Gasteiger charge is -2.36. The second-order valence-electron chi connectivity index (χ2n) is 6.94. The summed E-state index contributed by atoms with van der Waals surface area (Å²) in [6, 6.07) is 0. The lowest BCUT2D eigenvalue weighted by Crippen LogP contribution is -2.56. The van der Waals surface area contributed by atoms with E-state index in [1.807, 2.05) is 6.92 Å². The van der Waals surface area contributed by atoms with E-state index in [4.69, 9.17) is 0 Å². The molecule has 0 fully saturated rings. The molecule has 2 atom stereocenters. The topological polar surface area (TPSA) is 32.6 Å². The smallest absolute Gasteiger partial charge is 0.200 e. The Kier molecular flexibility index (Phi) is 9.98. The fourth-order valence-corrected chi connectivity index (χ4v) is 3.71. The largest absolute Gasteiger partial charge is 0.345 e. The Labute approximate surface area is 138 Å². The van der Waals surface area contributed by atoms with Crippen molar-refractivity contribution in [2.75, 3.05) is 19.6 Å². The van der Waals surface area contributed by atoms with Crippen molar-refractivity contribution < 1.29 is 9.59 Å². The molecule has 3 nitrogen and oxygen atoms in total. The first kappa shape index (κ1) is 19.6. The van der Waals surface area contributed by atoms with Gasteiger partial charge in [0.15, 0.2) is 6.23 Å². The third kappa shape index (κ3) is 6.00. The fourth-order valence-electron chi connectivity index (χ4n) is 3.71. The SMILES string of the molecule is CCCCCCCCCCCCC1=NCC[N+]1(CC)C(C)O. The minimum Gasteiger partial charge on any atom is -0.345 e. The summed E-state index contributed by atoms with van der Waals surface area (Å²) >= 11 is 0. The number of aliphatic hydroxyl groups is 1. The van der Waals surface area contributed by atoms with Crippen LogP contribution in [0.3, 0.4) is 0 Å². The predicted octanol–water partition coefficient (Wildman–Crippen LogP) is 4.88. The van der Waals surface area contributed by atoms with Crippen molar-refractivity contribution in [2.45, 2.75) is 97.6 Å². The molecule has 0 radical (unpaired) electrons. The summed E-state index contributed by atoms with van der Waals surface area (Å²) in [5.41, 5.74) is 0. The van der Waals surface area contributed by atoms with Crippen molar-refractivity contribution in [3.8, 4) is 0 Å². The summed E-state index contributed by atoms with van der Waals surface area (Å²) < 4.78 is 0.720. The zero-order valence-electron chi connectivity index (χ0n) is 15.3. The van der Waals surface area contributed by atoms with Gasteiger partial charge in [0.1, 0.15) is 6.54 Å². The third-order valence-corrected chi connectivity index (χ3v) is 5.34. The van der Waals surface area contributed by atoms with Crippen LogP contribution >= 0.6 is 0 Å². The van der Waals surface area contributed by atoms with Crippen molar-refractivity contribution in [3.05, 3.63) is 0 Å². The molecule has 0 aromatic rings. The minimum atomic E-state index is -0.311. The summed E-state index contributed by atoms with van der Waals surface area (Å²) in [5.74, 6) is 1.25. The normalized spacial score (nSPS) is 22.8. The van der Waals surface area contributed by atoms with Gasteiger partial charge in [0.05, 0.1) is 13.1 Å². The van der Waals surface area contributed by atoms with Crippen LogP contribution in [-0.4, -0.2) is 41.3 Å². The number of likely N-dealkylation sites (N-methyl/N-ethyl adjacent to an activating group) is 1. The van der Waals surface area contributed by atoms with Crippen LogP contribution in [0.2, 0.25) is 0 Å². The second kappa shape index (κ2) is 11.2. The molecule has 0 aliphatic carbocycles. The van der Waals surface area contributed by atoms with Crippen molar-refractivity contribution in [1.29, 1.82) is 0 Å². The Balaban J connectivity index is 2.07. The van der Waals surface area contributed by atoms with Crippen LogP contribution in [0.25, 0.3) is 0 Å². The zero-order chi connectivity index (χ0) is 16.3. The quantitative estimate of drug-likeness (QED) is 0.381. The molecule has 0 bridgehead atoms. The van der Waals surface area contributed by atoms with Gasteiger partial charge < -0.3 is 5.11 Å². The number of aliphatic imine (C=N–C) groups is 1. The maximum absolute atomic E-state index is 10.1. The van der Waals surface area contributed by atoms with E-state index in [-0.39, 0.29) is 6.23 Å². The Morgan fingerprint density at radius 2 is 1.50 bits per heavy atom. The van der Waals surface area contributed by atoms with E-state index in [1.165, 1.54) is 70.0 Å². The molecule has 0 spiro atoms. The van der Waals surface area contributed by atoms with Gasteiger partial charge in [-0.25, -0.2) is 4.99 Å². The highest BCUT2D eigenvalue weighted by atomic mass is 16.3. The molecule has 0 aromatic carbocycles.